The number of hydrogen-bond donors (Lipinski definition) is 2. The summed E-state index contributed by atoms with van der Waals surface area (Å²) in [5.74, 6) is -0.809. The van der Waals surface area contributed by atoms with Crippen LogP contribution in [0.15, 0.2) is 18.3 Å². The van der Waals surface area contributed by atoms with Gasteiger partial charge in [0.25, 0.3) is 5.91 Å². The summed E-state index contributed by atoms with van der Waals surface area (Å²) in [4.78, 5) is 15.4. The largest absolute Gasteiger partial charge is 0.418 e. The van der Waals surface area contributed by atoms with Crippen molar-refractivity contribution in [3.8, 4) is 0 Å². The second kappa shape index (κ2) is 6.43. The van der Waals surface area contributed by atoms with Gasteiger partial charge in [0.05, 0.1) is 11.7 Å². The smallest absolute Gasteiger partial charge is 0.391 e. The molecule has 1 aromatic heterocycles. The normalized spacial score (nSPS) is 17.7. The fourth-order valence-corrected chi connectivity index (χ4v) is 2.60. The topological polar surface area (TPSA) is 62.2 Å². The van der Waals surface area contributed by atoms with Crippen molar-refractivity contribution in [1.82, 2.24) is 10.3 Å². The molecule has 0 bridgehead atoms. The molecule has 0 spiro atoms. The van der Waals surface area contributed by atoms with Crippen molar-refractivity contribution < 1.29 is 23.1 Å². The number of nitrogens with zero attached hydrogens (tertiary/aromatic N) is 1. The lowest BCUT2D eigenvalue weighted by Crippen LogP contribution is -2.36. The molecule has 1 aliphatic carbocycles. The second-order valence-electron chi connectivity index (χ2n) is 5.22. The molecule has 0 aliphatic heterocycles. The van der Waals surface area contributed by atoms with Gasteiger partial charge < -0.3 is 10.4 Å². The van der Waals surface area contributed by atoms with Gasteiger partial charge in [0.1, 0.15) is 5.69 Å². The Morgan fingerprint density at radius 1 is 1.43 bits per heavy atom. The number of pyridine rings is 1. The second-order valence-corrected chi connectivity index (χ2v) is 5.22. The van der Waals surface area contributed by atoms with Crippen LogP contribution in [0.25, 0.3) is 0 Å². The van der Waals surface area contributed by atoms with Crippen LogP contribution in [0.5, 0.6) is 0 Å². The standard InChI is InChI=1S/C14H17F3N2O2/c15-14(16,17)10-6-3-7-18-12(10)13(21)19-8-11(20)9-4-1-2-5-9/h3,6-7,9,11,20H,1-2,4-5,8H2,(H,19,21). The molecule has 1 aliphatic rings. The Kier molecular flexibility index (Phi) is 4.82. The van der Waals surface area contributed by atoms with Crippen LogP contribution in [0.2, 0.25) is 0 Å². The van der Waals surface area contributed by atoms with Crippen molar-refractivity contribution in [3.05, 3.63) is 29.6 Å². The average molecular weight is 302 g/mol. The molecular weight excluding hydrogens is 285 g/mol. The molecule has 1 heterocycles. The zero-order valence-electron chi connectivity index (χ0n) is 11.4. The quantitative estimate of drug-likeness (QED) is 0.897. The monoisotopic (exact) mass is 302 g/mol. The van der Waals surface area contributed by atoms with E-state index in [0.717, 1.165) is 44.0 Å². The van der Waals surface area contributed by atoms with Crippen LogP contribution in [0.4, 0.5) is 13.2 Å². The number of carbonyl (C=O) groups excluding carboxylic acids is 1. The lowest BCUT2D eigenvalue weighted by molar-refractivity contribution is -0.138. The molecule has 1 unspecified atom stereocenters. The van der Waals surface area contributed by atoms with Crippen molar-refractivity contribution in [1.29, 1.82) is 0 Å². The number of nitrogens with one attached hydrogen (secondary N) is 1. The van der Waals surface area contributed by atoms with Crippen LogP contribution in [-0.2, 0) is 6.18 Å². The fraction of sp³-hybridized carbons (Fsp3) is 0.571. The van der Waals surface area contributed by atoms with Crippen LogP contribution in [0.1, 0.15) is 41.7 Å². The first-order chi connectivity index (χ1) is 9.89. The van der Waals surface area contributed by atoms with Crippen molar-refractivity contribution >= 4 is 5.91 Å². The predicted molar refractivity (Wildman–Crippen MR) is 69.5 cm³/mol. The van der Waals surface area contributed by atoms with Crippen molar-refractivity contribution in [2.45, 2.75) is 38.0 Å². The Balaban J connectivity index is 2.00. The summed E-state index contributed by atoms with van der Waals surface area (Å²) in [6.45, 7) is -0.0582. The molecular formula is C14H17F3N2O2. The third-order valence-electron chi connectivity index (χ3n) is 3.74. The fourth-order valence-electron chi connectivity index (χ4n) is 2.60. The van der Waals surface area contributed by atoms with E-state index >= 15 is 0 Å². The number of halogens is 3. The first-order valence-corrected chi connectivity index (χ1v) is 6.88. The number of aliphatic hydroxyl groups is 1. The molecule has 1 amide bonds. The number of amides is 1. The summed E-state index contributed by atoms with van der Waals surface area (Å²) < 4.78 is 38.4. The Morgan fingerprint density at radius 2 is 2.10 bits per heavy atom. The average Bonchev–Trinajstić information content (AvgIpc) is 2.97. The van der Waals surface area contributed by atoms with Gasteiger partial charge in [0.15, 0.2) is 0 Å². The summed E-state index contributed by atoms with van der Waals surface area (Å²) in [6, 6.07) is 1.95. The molecule has 0 aromatic carbocycles. The minimum absolute atomic E-state index is 0.0582. The van der Waals surface area contributed by atoms with E-state index in [1.807, 2.05) is 0 Å². The number of alkyl halides is 3. The highest BCUT2D eigenvalue weighted by molar-refractivity contribution is 5.93. The Hall–Kier alpha value is -1.63. The number of carbonyl (C=O) groups is 1. The van der Waals surface area contributed by atoms with E-state index in [1.165, 1.54) is 0 Å². The summed E-state index contributed by atoms with van der Waals surface area (Å²) in [7, 11) is 0. The van der Waals surface area contributed by atoms with E-state index in [4.69, 9.17) is 0 Å². The Labute approximate surface area is 120 Å². The van der Waals surface area contributed by atoms with Crippen molar-refractivity contribution in [2.75, 3.05) is 6.54 Å². The van der Waals surface area contributed by atoms with Crippen LogP contribution in [0.3, 0.4) is 0 Å². The van der Waals surface area contributed by atoms with Gasteiger partial charge in [-0.2, -0.15) is 13.2 Å². The van der Waals surface area contributed by atoms with Crippen LogP contribution >= 0.6 is 0 Å². The van der Waals surface area contributed by atoms with Gasteiger partial charge in [-0.1, -0.05) is 12.8 Å². The van der Waals surface area contributed by atoms with Crippen molar-refractivity contribution in [2.24, 2.45) is 5.92 Å². The first-order valence-electron chi connectivity index (χ1n) is 6.88. The van der Waals surface area contributed by atoms with E-state index in [-0.39, 0.29) is 12.5 Å². The highest BCUT2D eigenvalue weighted by atomic mass is 19.4. The van der Waals surface area contributed by atoms with Gasteiger partial charge in [-0.3, -0.25) is 9.78 Å². The first kappa shape index (κ1) is 15.8. The molecule has 1 saturated carbocycles. The van der Waals surface area contributed by atoms with Crippen LogP contribution in [0, 0.1) is 5.92 Å². The zero-order valence-corrected chi connectivity index (χ0v) is 11.4. The van der Waals surface area contributed by atoms with Gasteiger partial charge in [0.2, 0.25) is 0 Å². The maximum Gasteiger partial charge on any atom is 0.418 e. The van der Waals surface area contributed by atoms with E-state index < -0.39 is 29.4 Å². The molecule has 2 N–H and O–H groups in total. The lowest BCUT2D eigenvalue weighted by atomic mass is 10.0. The molecule has 7 heteroatoms. The third-order valence-corrected chi connectivity index (χ3v) is 3.74. The molecule has 0 saturated heterocycles. The summed E-state index contributed by atoms with van der Waals surface area (Å²) in [5.41, 5.74) is -1.73. The molecule has 0 radical (unpaired) electrons. The molecule has 1 fully saturated rings. The van der Waals surface area contributed by atoms with Crippen LogP contribution in [-0.4, -0.2) is 28.6 Å². The summed E-state index contributed by atoms with van der Waals surface area (Å²) >= 11 is 0. The highest BCUT2D eigenvalue weighted by Gasteiger charge is 2.36. The molecule has 1 aromatic rings. The third kappa shape index (κ3) is 3.93. The number of rotatable bonds is 4. The molecule has 1 atom stereocenters. The van der Waals surface area contributed by atoms with Gasteiger partial charge in [-0.25, -0.2) is 0 Å². The van der Waals surface area contributed by atoms with Gasteiger partial charge in [-0.15, -0.1) is 0 Å². The number of hydrogen-bond acceptors (Lipinski definition) is 3. The molecule has 116 valence electrons. The highest BCUT2D eigenvalue weighted by Crippen LogP contribution is 2.31. The Morgan fingerprint density at radius 3 is 2.71 bits per heavy atom. The zero-order chi connectivity index (χ0) is 15.5. The lowest BCUT2D eigenvalue weighted by Gasteiger charge is -2.18. The molecule has 2 rings (SSSR count). The van der Waals surface area contributed by atoms with E-state index in [0.29, 0.717) is 0 Å². The van der Waals surface area contributed by atoms with Crippen LogP contribution < -0.4 is 5.32 Å². The maximum absolute atomic E-state index is 12.8. The van der Waals surface area contributed by atoms with E-state index in [9.17, 15) is 23.1 Å². The predicted octanol–water partition coefficient (Wildman–Crippen LogP) is 2.38. The Bertz CT molecular complexity index is 499. The molecule has 4 nitrogen and oxygen atoms in total. The summed E-state index contributed by atoms with van der Waals surface area (Å²) in [6.07, 6.45) is -0.386. The maximum atomic E-state index is 12.8. The van der Waals surface area contributed by atoms with E-state index in [2.05, 4.69) is 10.3 Å². The van der Waals surface area contributed by atoms with Crippen molar-refractivity contribution in [3.63, 3.8) is 0 Å². The minimum atomic E-state index is -4.63. The summed E-state index contributed by atoms with van der Waals surface area (Å²) in [5, 5.41) is 12.3. The number of aromatic nitrogens is 1. The minimum Gasteiger partial charge on any atom is -0.391 e. The van der Waals surface area contributed by atoms with Gasteiger partial charge >= 0.3 is 6.18 Å². The molecule has 21 heavy (non-hydrogen) atoms. The number of aliphatic hydroxyl groups excluding tert-OH is 1. The van der Waals surface area contributed by atoms with E-state index in [1.54, 1.807) is 0 Å². The SMILES string of the molecule is O=C(NCC(O)C1CCCC1)c1ncccc1C(F)(F)F. The van der Waals surface area contributed by atoms with Gasteiger partial charge in [-0.05, 0) is 30.9 Å². The van der Waals surface area contributed by atoms with Gasteiger partial charge in [0, 0.05) is 12.7 Å².